The van der Waals surface area contributed by atoms with Gasteiger partial charge in [-0.05, 0) is 49.4 Å². The summed E-state index contributed by atoms with van der Waals surface area (Å²) in [4.78, 5) is 0. The smallest absolute Gasteiger partial charge is 0.119 e. The van der Waals surface area contributed by atoms with Crippen molar-refractivity contribution in [2.24, 2.45) is 0 Å². The summed E-state index contributed by atoms with van der Waals surface area (Å²) in [6.07, 6.45) is 6.50. The molecule has 0 atom stereocenters. The van der Waals surface area contributed by atoms with Crippen LogP contribution in [0.15, 0.2) is 48.5 Å². The highest BCUT2D eigenvalue weighted by Crippen LogP contribution is 2.36. The normalized spacial score (nSPS) is 15.1. The van der Waals surface area contributed by atoms with Gasteiger partial charge in [-0.3, -0.25) is 0 Å². The van der Waals surface area contributed by atoms with Gasteiger partial charge in [0.25, 0.3) is 0 Å². The van der Waals surface area contributed by atoms with Gasteiger partial charge in [-0.25, -0.2) is 0 Å². The Bertz CT molecular complexity index is 519. The summed E-state index contributed by atoms with van der Waals surface area (Å²) in [6, 6.07) is 14.9. The molecule has 1 saturated carbocycles. The second kappa shape index (κ2) is 7.72. The zero-order valence-corrected chi connectivity index (χ0v) is 12.6. The molecule has 2 aromatic rings. The SMILES string of the molecule is Cc1ccc(O)cc1.Oc1ccccc1C1CCCCC1. The number of benzene rings is 2. The van der Waals surface area contributed by atoms with Crippen molar-refractivity contribution in [3.8, 4) is 11.5 Å². The van der Waals surface area contributed by atoms with Gasteiger partial charge in [0.05, 0.1) is 0 Å². The molecule has 2 aromatic carbocycles. The lowest BCUT2D eigenvalue weighted by Gasteiger charge is -2.22. The van der Waals surface area contributed by atoms with Crippen LogP contribution in [0.3, 0.4) is 0 Å². The number of phenols is 2. The Morgan fingerprint density at radius 1 is 0.810 bits per heavy atom. The fourth-order valence-corrected chi connectivity index (χ4v) is 2.79. The predicted octanol–water partition coefficient (Wildman–Crippen LogP) is 5.14. The van der Waals surface area contributed by atoms with Crippen LogP contribution >= 0.6 is 0 Å². The highest BCUT2D eigenvalue weighted by molar-refractivity contribution is 5.35. The number of phenolic OH excluding ortho intramolecular Hbond substituents is 2. The summed E-state index contributed by atoms with van der Waals surface area (Å²) in [6.45, 7) is 1.99. The zero-order chi connectivity index (χ0) is 15.1. The summed E-state index contributed by atoms with van der Waals surface area (Å²) in [5.74, 6) is 1.42. The molecule has 2 N–H and O–H groups in total. The van der Waals surface area contributed by atoms with Gasteiger partial charge >= 0.3 is 0 Å². The first kappa shape index (κ1) is 15.4. The standard InChI is InChI=1S/C12H16O.C7H8O/c13-12-9-5-4-8-11(12)10-6-2-1-3-7-10;1-6-2-4-7(8)5-3-6/h4-5,8-10,13H,1-3,6-7H2;2-5,8H,1H3. The first-order valence-electron chi connectivity index (χ1n) is 7.70. The van der Waals surface area contributed by atoms with Crippen molar-refractivity contribution in [3.05, 3.63) is 59.7 Å². The summed E-state index contributed by atoms with van der Waals surface area (Å²) in [5, 5.41) is 18.4. The van der Waals surface area contributed by atoms with E-state index in [-0.39, 0.29) is 0 Å². The van der Waals surface area contributed by atoms with Gasteiger partial charge in [0.2, 0.25) is 0 Å². The zero-order valence-electron chi connectivity index (χ0n) is 12.6. The fourth-order valence-electron chi connectivity index (χ4n) is 2.79. The van der Waals surface area contributed by atoms with E-state index in [0.29, 0.717) is 17.4 Å². The van der Waals surface area contributed by atoms with E-state index in [9.17, 15) is 5.11 Å². The highest BCUT2D eigenvalue weighted by atomic mass is 16.3. The topological polar surface area (TPSA) is 40.5 Å². The molecule has 3 rings (SSSR count). The Hall–Kier alpha value is -1.96. The van der Waals surface area contributed by atoms with Gasteiger partial charge in [0, 0.05) is 0 Å². The molecule has 1 fully saturated rings. The minimum Gasteiger partial charge on any atom is -0.508 e. The quantitative estimate of drug-likeness (QED) is 0.761. The Morgan fingerprint density at radius 3 is 2.00 bits per heavy atom. The number of aryl methyl sites for hydroxylation is 1. The third kappa shape index (κ3) is 4.82. The minimum atomic E-state index is 0.329. The van der Waals surface area contributed by atoms with Crippen LogP contribution in [-0.2, 0) is 0 Å². The van der Waals surface area contributed by atoms with Crippen molar-refractivity contribution in [3.63, 3.8) is 0 Å². The minimum absolute atomic E-state index is 0.329. The average Bonchev–Trinajstić information content (AvgIpc) is 2.52. The van der Waals surface area contributed by atoms with E-state index in [1.807, 2.05) is 31.2 Å². The molecular weight excluding hydrogens is 260 g/mol. The monoisotopic (exact) mass is 284 g/mol. The van der Waals surface area contributed by atoms with Crippen LogP contribution in [0, 0.1) is 6.92 Å². The van der Waals surface area contributed by atoms with E-state index < -0.39 is 0 Å². The second-order valence-corrected chi connectivity index (χ2v) is 5.73. The predicted molar refractivity (Wildman–Crippen MR) is 86.8 cm³/mol. The summed E-state index contributed by atoms with van der Waals surface area (Å²) in [5.41, 5.74) is 2.32. The lowest BCUT2D eigenvalue weighted by molar-refractivity contribution is 0.414. The van der Waals surface area contributed by atoms with Crippen LogP contribution in [0.4, 0.5) is 0 Å². The maximum atomic E-state index is 9.66. The molecule has 0 unspecified atom stereocenters. The number of para-hydroxylation sites is 1. The third-order valence-electron chi connectivity index (χ3n) is 4.02. The van der Waals surface area contributed by atoms with Gasteiger partial charge in [0.1, 0.15) is 11.5 Å². The van der Waals surface area contributed by atoms with E-state index in [0.717, 1.165) is 5.56 Å². The number of hydrogen-bond donors (Lipinski definition) is 2. The Kier molecular flexibility index (Phi) is 5.68. The van der Waals surface area contributed by atoms with E-state index in [2.05, 4.69) is 6.07 Å². The van der Waals surface area contributed by atoms with Crippen LogP contribution in [0.5, 0.6) is 11.5 Å². The van der Waals surface area contributed by atoms with Crippen LogP contribution in [-0.4, -0.2) is 10.2 Å². The van der Waals surface area contributed by atoms with Gasteiger partial charge < -0.3 is 10.2 Å². The Labute approximate surface area is 127 Å². The van der Waals surface area contributed by atoms with E-state index in [4.69, 9.17) is 5.11 Å². The number of aromatic hydroxyl groups is 2. The largest absolute Gasteiger partial charge is 0.508 e. The van der Waals surface area contributed by atoms with Crippen LogP contribution in [0.25, 0.3) is 0 Å². The van der Waals surface area contributed by atoms with Crippen molar-refractivity contribution in [2.45, 2.75) is 44.9 Å². The van der Waals surface area contributed by atoms with Crippen LogP contribution < -0.4 is 0 Å². The van der Waals surface area contributed by atoms with Gasteiger partial charge in [-0.15, -0.1) is 0 Å². The van der Waals surface area contributed by atoms with Crippen molar-refractivity contribution in [2.75, 3.05) is 0 Å². The van der Waals surface area contributed by atoms with E-state index in [1.165, 1.54) is 37.7 Å². The molecule has 0 heterocycles. The van der Waals surface area contributed by atoms with E-state index >= 15 is 0 Å². The molecule has 0 spiro atoms. The number of hydrogen-bond acceptors (Lipinski definition) is 2. The van der Waals surface area contributed by atoms with E-state index in [1.54, 1.807) is 18.2 Å². The maximum absolute atomic E-state index is 9.66. The summed E-state index contributed by atoms with van der Waals surface area (Å²) >= 11 is 0. The first-order valence-corrected chi connectivity index (χ1v) is 7.70. The highest BCUT2D eigenvalue weighted by Gasteiger charge is 2.17. The summed E-state index contributed by atoms with van der Waals surface area (Å²) < 4.78 is 0. The molecule has 2 nitrogen and oxygen atoms in total. The van der Waals surface area contributed by atoms with Crippen molar-refractivity contribution in [1.82, 2.24) is 0 Å². The first-order chi connectivity index (χ1) is 10.2. The Morgan fingerprint density at radius 2 is 1.43 bits per heavy atom. The van der Waals surface area contributed by atoms with Gasteiger partial charge in [0.15, 0.2) is 0 Å². The van der Waals surface area contributed by atoms with Crippen LogP contribution in [0.1, 0.15) is 49.1 Å². The van der Waals surface area contributed by atoms with Crippen LogP contribution in [0.2, 0.25) is 0 Å². The lowest BCUT2D eigenvalue weighted by Crippen LogP contribution is -2.04. The van der Waals surface area contributed by atoms with Crippen molar-refractivity contribution < 1.29 is 10.2 Å². The number of rotatable bonds is 1. The van der Waals surface area contributed by atoms with Gasteiger partial charge in [-0.1, -0.05) is 55.2 Å². The second-order valence-electron chi connectivity index (χ2n) is 5.73. The van der Waals surface area contributed by atoms with Crippen molar-refractivity contribution >= 4 is 0 Å². The molecule has 1 aliphatic carbocycles. The molecule has 1 aliphatic rings. The Balaban J connectivity index is 0.000000173. The molecule has 0 amide bonds. The maximum Gasteiger partial charge on any atom is 0.119 e. The fraction of sp³-hybridized carbons (Fsp3) is 0.368. The molecule has 0 aromatic heterocycles. The molecule has 21 heavy (non-hydrogen) atoms. The average molecular weight is 284 g/mol. The molecule has 112 valence electrons. The molecular formula is C19H24O2. The van der Waals surface area contributed by atoms with Gasteiger partial charge in [-0.2, -0.15) is 0 Å². The molecule has 0 saturated heterocycles. The lowest BCUT2D eigenvalue weighted by atomic mass is 9.84. The molecule has 0 bridgehead atoms. The summed E-state index contributed by atoms with van der Waals surface area (Å²) in [7, 11) is 0. The molecule has 0 radical (unpaired) electrons. The third-order valence-corrected chi connectivity index (χ3v) is 4.02. The molecule has 0 aliphatic heterocycles. The van der Waals surface area contributed by atoms with Crippen molar-refractivity contribution in [1.29, 1.82) is 0 Å². The molecule has 2 heteroatoms.